The minimum atomic E-state index is -0.295. The Balaban J connectivity index is 1.39. The molecule has 0 radical (unpaired) electrons. The zero-order chi connectivity index (χ0) is 18.8. The van der Waals surface area contributed by atoms with Gasteiger partial charge in [0.2, 0.25) is 0 Å². The van der Waals surface area contributed by atoms with Crippen LogP contribution in [0.4, 0.5) is 4.39 Å². The molecule has 1 saturated carbocycles. The summed E-state index contributed by atoms with van der Waals surface area (Å²) in [4.78, 5) is 12.4. The summed E-state index contributed by atoms with van der Waals surface area (Å²) in [6, 6.07) is 15.8. The van der Waals surface area contributed by atoms with Gasteiger partial charge in [0.15, 0.2) is 11.5 Å². The summed E-state index contributed by atoms with van der Waals surface area (Å²) in [6.45, 7) is 0. The molecule has 0 unspecified atom stereocenters. The molecule has 0 aliphatic heterocycles. The van der Waals surface area contributed by atoms with Gasteiger partial charge in [-0.25, -0.2) is 4.39 Å². The van der Waals surface area contributed by atoms with Gasteiger partial charge in [0.05, 0.1) is 12.7 Å². The number of carbonyl (C=O) groups excluding carboxylic acids is 1. The van der Waals surface area contributed by atoms with Crippen molar-refractivity contribution in [3.8, 4) is 17.1 Å². The number of amides is 1. The fourth-order valence-electron chi connectivity index (χ4n) is 3.41. The van der Waals surface area contributed by atoms with Crippen LogP contribution in [-0.4, -0.2) is 24.2 Å². The predicted octanol–water partition coefficient (Wildman–Crippen LogP) is 4.17. The number of halogens is 1. The van der Waals surface area contributed by atoms with Crippen LogP contribution in [0.25, 0.3) is 11.3 Å². The summed E-state index contributed by atoms with van der Waals surface area (Å²) in [5.41, 5.74) is 1.66. The Hall–Kier alpha value is -3.15. The number of methoxy groups -OCH3 is 1. The van der Waals surface area contributed by atoms with Crippen molar-refractivity contribution >= 4 is 5.91 Å². The molecular weight excluding hydrogens is 347 g/mol. The normalized spacial score (nSPS) is 18.6. The van der Waals surface area contributed by atoms with E-state index < -0.39 is 0 Å². The highest BCUT2D eigenvalue weighted by Crippen LogP contribution is 2.38. The maximum Gasteiger partial charge on any atom is 0.273 e. The van der Waals surface area contributed by atoms with Crippen molar-refractivity contribution in [2.75, 3.05) is 7.11 Å². The third kappa shape index (κ3) is 3.43. The number of rotatable bonds is 5. The molecule has 0 spiro atoms. The average Bonchev–Trinajstić information content (AvgIpc) is 3.15. The van der Waals surface area contributed by atoms with E-state index in [1.165, 1.54) is 6.07 Å². The lowest BCUT2D eigenvalue weighted by molar-refractivity contribution is 0.0899. The van der Waals surface area contributed by atoms with Crippen LogP contribution in [0.15, 0.2) is 59.1 Å². The smallest absolute Gasteiger partial charge is 0.273 e. The number of carbonyl (C=O) groups is 1. The Bertz CT molecular complexity index is 963. The molecule has 1 fully saturated rings. The maximum absolute atomic E-state index is 13.8. The molecular formula is C21H19FN2O3. The van der Waals surface area contributed by atoms with Crippen molar-refractivity contribution in [2.45, 2.75) is 24.8 Å². The van der Waals surface area contributed by atoms with E-state index in [0.29, 0.717) is 29.9 Å². The molecule has 1 N–H and O–H groups in total. The fourth-order valence-corrected chi connectivity index (χ4v) is 3.41. The van der Waals surface area contributed by atoms with Crippen molar-refractivity contribution < 1.29 is 18.4 Å². The molecule has 0 atom stereocenters. The van der Waals surface area contributed by atoms with Crippen LogP contribution in [0, 0.1) is 5.82 Å². The van der Waals surface area contributed by atoms with Gasteiger partial charge < -0.3 is 14.6 Å². The Morgan fingerprint density at radius 1 is 1.19 bits per heavy atom. The Kier molecular flexibility index (Phi) is 4.62. The lowest BCUT2D eigenvalue weighted by Gasteiger charge is -2.36. The Morgan fingerprint density at radius 2 is 1.93 bits per heavy atom. The first-order chi connectivity index (χ1) is 13.2. The molecule has 5 nitrogen and oxygen atoms in total. The van der Waals surface area contributed by atoms with Gasteiger partial charge >= 0.3 is 0 Å². The largest absolute Gasteiger partial charge is 0.496 e. The van der Waals surface area contributed by atoms with Gasteiger partial charge in [-0.05, 0) is 42.5 Å². The highest BCUT2D eigenvalue weighted by molar-refractivity contribution is 5.93. The lowest BCUT2D eigenvalue weighted by atomic mass is 9.75. The predicted molar refractivity (Wildman–Crippen MR) is 98.1 cm³/mol. The van der Waals surface area contributed by atoms with E-state index in [9.17, 15) is 9.18 Å². The highest BCUT2D eigenvalue weighted by Gasteiger charge is 2.33. The van der Waals surface area contributed by atoms with Crippen LogP contribution in [0.3, 0.4) is 0 Å². The number of nitrogens with zero attached hydrogens (tertiary/aromatic N) is 1. The SMILES string of the molecule is COc1ccccc1-c1cc(C(=O)NC2CC(c3ccccc3F)C2)no1. The first-order valence-corrected chi connectivity index (χ1v) is 8.81. The van der Waals surface area contributed by atoms with Crippen molar-refractivity contribution in [3.05, 3.63) is 71.7 Å². The molecule has 1 aromatic heterocycles. The molecule has 0 saturated heterocycles. The van der Waals surface area contributed by atoms with Crippen LogP contribution < -0.4 is 10.1 Å². The van der Waals surface area contributed by atoms with Crippen LogP contribution in [0.2, 0.25) is 0 Å². The number of nitrogens with one attached hydrogen (secondary N) is 1. The van der Waals surface area contributed by atoms with Crippen LogP contribution in [-0.2, 0) is 0 Å². The second kappa shape index (κ2) is 7.23. The summed E-state index contributed by atoms with van der Waals surface area (Å²) in [6.07, 6.45) is 1.42. The van der Waals surface area contributed by atoms with Gasteiger partial charge in [-0.3, -0.25) is 4.79 Å². The van der Waals surface area contributed by atoms with E-state index in [1.807, 2.05) is 30.3 Å². The summed E-state index contributed by atoms with van der Waals surface area (Å²) < 4.78 is 24.4. The fraction of sp³-hybridized carbons (Fsp3) is 0.238. The molecule has 1 aliphatic rings. The lowest BCUT2D eigenvalue weighted by Crippen LogP contribution is -2.43. The average molecular weight is 366 g/mol. The van der Waals surface area contributed by atoms with E-state index in [4.69, 9.17) is 9.26 Å². The summed E-state index contributed by atoms with van der Waals surface area (Å²) >= 11 is 0. The molecule has 138 valence electrons. The first-order valence-electron chi connectivity index (χ1n) is 8.81. The van der Waals surface area contributed by atoms with Crippen LogP contribution in [0.5, 0.6) is 5.75 Å². The second-order valence-electron chi connectivity index (χ2n) is 6.64. The molecule has 2 aromatic carbocycles. The van der Waals surface area contributed by atoms with Crippen molar-refractivity contribution in [3.63, 3.8) is 0 Å². The van der Waals surface area contributed by atoms with E-state index in [1.54, 1.807) is 25.3 Å². The van der Waals surface area contributed by atoms with E-state index in [-0.39, 0.29) is 29.4 Å². The minimum Gasteiger partial charge on any atom is -0.496 e. The van der Waals surface area contributed by atoms with Gasteiger partial charge in [-0.2, -0.15) is 0 Å². The number of hydrogen-bond donors (Lipinski definition) is 1. The first kappa shape index (κ1) is 17.3. The van der Waals surface area contributed by atoms with E-state index in [0.717, 1.165) is 5.56 Å². The number of aromatic nitrogens is 1. The third-order valence-corrected chi connectivity index (χ3v) is 4.93. The molecule has 3 aromatic rings. The molecule has 1 amide bonds. The molecule has 1 heterocycles. The van der Waals surface area contributed by atoms with E-state index >= 15 is 0 Å². The van der Waals surface area contributed by atoms with Crippen LogP contribution in [0.1, 0.15) is 34.8 Å². The molecule has 27 heavy (non-hydrogen) atoms. The van der Waals surface area contributed by atoms with Gasteiger partial charge in [-0.15, -0.1) is 0 Å². The number of benzene rings is 2. The summed E-state index contributed by atoms with van der Waals surface area (Å²) in [5, 5.41) is 6.80. The van der Waals surface area contributed by atoms with Gasteiger partial charge in [0.25, 0.3) is 5.91 Å². The van der Waals surface area contributed by atoms with Crippen molar-refractivity contribution in [1.29, 1.82) is 0 Å². The number of para-hydroxylation sites is 1. The van der Waals surface area contributed by atoms with Gasteiger partial charge in [-0.1, -0.05) is 35.5 Å². The topological polar surface area (TPSA) is 64.4 Å². The van der Waals surface area contributed by atoms with Crippen molar-refractivity contribution in [1.82, 2.24) is 10.5 Å². The Labute approximate surface area is 156 Å². The molecule has 0 bridgehead atoms. The second-order valence-corrected chi connectivity index (χ2v) is 6.64. The quantitative estimate of drug-likeness (QED) is 0.736. The standard InChI is InChI=1S/C21H19FN2O3/c1-26-19-9-5-3-7-16(19)20-12-18(24-27-20)21(25)23-14-10-13(11-14)15-6-2-4-8-17(15)22/h2-9,12-14H,10-11H2,1H3,(H,23,25). The van der Waals surface area contributed by atoms with Crippen LogP contribution >= 0.6 is 0 Å². The van der Waals surface area contributed by atoms with Crippen molar-refractivity contribution in [2.24, 2.45) is 0 Å². The molecule has 1 aliphatic carbocycles. The highest BCUT2D eigenvalue weighted by atomic mass is 19.1. The summed E-state index contributed by atoms with van der Waals surface area (Å²) in [7, 11) is 1.57. The Morgan fingerprint density at radius 3 is 2.70 bits per heavy atom. The minimum absolute atomic E-state index is 0.00789. The summed E-state index contributed by atoms with van der Waals surface area (Å²) in [5.74, 6) is 0.767. The third-order valence-electron chi connectivity index (χ3n) is 4.93. The number of ether oxygens (including phenoxy) is 1. The molecule has 4 rings (SSSR count). The van der Waals surface area contributed by atoms with Gasteiger partial charge in [0, 0.05) is 12.1 Å². The molecule has 6 heteroatoms. The van der Waals surface area contributed by atoms with E-state index in [2.05, 4.69) is 10.5 Å². The monoisotopic (exact) mass is 366 g/mol. The number of hydrogen-bond acceptors (Lipinski definition) is 4. The van der Waals surface area contributed by atoms with Gasteiger partial charge in [0.1, 0.15) is 11.6 Å². The zero-order valence-corrected chi connectivity index (χ0v) is 14.8. The maximum atomic E-state index is 13.8. The zero-order valence-electron chi connectivity index (χ0n) is 14.8.